The molecule has 2 heterocycles. The van der Waals surface area contributed by atoms with Crippen molar-refractivity contribution in [2.75, 3.05) is 36.8 Å². The lowest BCUT2D eigenvalue weighted by molar-refractivity contribution is -0.131. The Balaban J connectivity index is 1.50. The van der Waals surface area contributed by atoms with Crippen LogP contribution < -0.4 is 4.90 Å². The first-order valence-corrected chi connectivity index (χ1v) is 13.4. The number of nitrogens with zero attached hydrogens (tertiary/aromatic N) is 2. The first kappa shape index (κ1) is 24.1. The molecule has 1 aromatic rings. The fraction of sp³-hybridized carbons (Fsp3) is 0.720. The van der Waals surface area contributed by atoms with Crippen LogP contribution in [0.4, 0.5) is 5.69 Å². The van der Waals surface area contributed by atoms with Crippen molar-refractivity contribution >= 4 is 21.4 Å². The van der Waals surface area contributed by atoms with Crippen LogP contribution in [-0.2, 0) is 21.1 Å². The van der Waals surface area contributed by atoms with E-state index in [-0.39, 0.29) is 17.6 Å². The lowest BCUT2D eigenvalue weighted by atomic mass is 9.91. The van der Waals surface area contributed by atoms with Gasteiger partial charge in [0.2, 0.25) is 5.91 Å². The number of likely N-dealkylation sites (tertiary alicyclic amines) is 1. The number of rotatable bonds is 5. The van der Waals surface area contributed by atoms with Crippen LogP contribution in [0, 0.1) is 17.8 Å². The van der Waals surface area contributed by atoms with Crippen LogP contribution in [0.3, 0.4) is 0 Å². The number of carbonyl (C=O) groups excluding carboxylic acids is 1. The number of carbonyl (C=O) groups is 1. The molecule has 0 bridgehead atoms. The molecule has 0 unspecified atom stereocenters. The molecule has 6 heteroatoms. The maximum Gasteiger partial charge on any atom is 0.226 e. The molecule has 0 aliphatic carbocycles. The van der Waals surface area contributed by atoms with E-state index >= 15 is 0 Å². The maximum absolute atomic E-state index is 12.8. The Morgan fingerprint density at radius 2 is 1.55 bits per heavy atom. The minimum atomic E-state index is -3.11. The Kier molecular flexibility index (Phi) is 7.39. The number of piperidine rings is 2. The van der Waals surface area contributed by atoms with Crippen molar-refractivity contribution in [1.29, 1.82) is 0 Å². The van der Waals surface area contributed by atoms with Crippen LogP contribution in [-0.4, -0.2) is 55.9 Å². The van der Waals surface area contributed by atoms with Crippen molar-refractivity contribution in [2.45, 2.75) is 65.0 Å². The Labute approximate surface area is 189 Å². The molecule has 1 amide bonds. The highest BCUT2D eigenvalue weighted by molar-refractivity contribution is 7.92. The lowest BCUT2D eigenvalue weighted by Gasteiger charge is -2.36. The summed E-state index contributed by atoms with van der Waals surface area (Å²) in [5.41, 5.74) is 2.29. The van der Waals surface area contributed by atoms with E-state index in [0.717, 1.165) is 31.5 Å². The predicted molar refractivity (Wildman–Crippen MR) is 128 cm³/mol. The largest absolute Gasteiger partial charge is 0.371 e. The van der Waals surface area contributed by atoms with E-state index in [9.17, 15) is 13.2 Å². The monoisotopic (exact) mass is 448 g/mol. The zero-order valence-electron chi connectivity index (χ0n) is 19.9. The van der Waals surface area contributed by atoms with E-state index in [2.05, 4.69) is 43.0 Å². The van der Waals surface area contributed by atoms with Gasteiger partial charge in [0.1, 0.15) is 0 Å². The van der Waals surface area contributed by atoms with E-state index in [0.29, 0.717) is 31.3 Å². The van der Waals surface area contributed by atoms with Crippen molar-refractivity contribution in [3.05, 3.63) is 29.8 Å². The number of anilines is 1. The third-order valence-corrected chi connectivity index (χ3v) is 9.66. The molecule has 2 fully saturated rings. The molecule has 2 aliphatic rings. The fourth-order valence-electron chi connectivity index (χ4n) is 4.89. The molecular weight excluding hydrogens is 408 g/mol. The van der Waals surface area contributed by atoms with Crippen molar-refractivity contribution < 1.29 is 13.2 Å². The van der Waals surface area contributed by atoms with Gasteiger partial charge in [0.15, 0.2) is 9.84 Å². The molecule has 3 rings (SSSR count). The highest BCUT2D eigenvalue weighted by Crippen LogP contribution is 2.27. The van der Waals surface area contributed by atoms with Crippen LogP contribution in [0.5, 0.6) is 0 Å². The SMILES string of the molecule is C[C@@H]1C[C@@H](C)CN(c2ccc(CC(=O)N3CCC(CS(=O)(=O)C(C)(C)C)CC3)cc2)C1. The summed E-state index contributed by atoms with van der Waals surface area (Å²) in [5, 5.41) is 0. The third-order valence-electron chi connectivity index (χ3n) is 6.88. The van der Waals surface area contributed by atoms with Crippen molar-refractivity contribution in [2.24, 2.45) is 17.8 Å². The van der Waals surface area contributed by atoms with E-state index in [1.165, 1.54) is 12.1 Å². The number of hydrogen-bond acceptors (Lipinski definition) is 4. The molecule has 0 N–H and O–H groups in total. The predicted octanol–water partition coefficient (Wildman–Crippen LogP) is 4.16. The van der Waals surface area contributed by atoms with Gasteiger partial charge in [-0.2, -0.15) is 0 Å². The van der Waals surface area contributed by atoms with Gasteiger partial charge in [0.05, 0.1) is 16.9 Å². The van der Waals surface area contributed by atoms with Gasteiger partial charge in [-0.15, -0.1) is 0 Å². The number of amides is 1. The van der Waals surface area contributed by atoms with Gasteiger partial charge in [-0.1, -0.05) is 26.0 Å². The Bertz CT molecular complexity index is 840. The summed E-state index contributed by atoms with van der Waals surface area (Å²) in [5.74, 6) is 1.96. The summed E-state index contributed by atoms with van der Waals surface area (Å²) in [6, 6.07) is 8.47. The fourth-order valence-corrected chi connectivity index (χ4v) is 6.35. The molecule has 0 saturated carbocycles. The van der Waals surface area contributed by atoms with Crippen LogP contribution in [0.15, 0.2) is 24.3 Å². The second kappa shape index (κ2) is 9.51. The van der Waals surface area contributed by atoms with Crippen LogP contribution in [0.25, 0.3) is 0 Å². The average Bonchev–Trinajstić information content (AvgIpc) is 2.67. The highest BCUT2D eigenvalue weighted by Gasteiger charge is 2.33. The molecule has 174 valence electrons. The summed E-state index contributed by atoms with van der Waals surface area (Å²) >= 11 is 0. The molecule has 0 aromatic heterocycles. The Hall–Kier alpha value is -1.56. The minimum absolute atomic E-state index is 0.144. The zero-order chi connectivity index (χ0) is 22.8. The molecule has 0 spiro atoms. The van der Waals surface area contributed by atoms with Crippen LogP contribution >= 0.6 is 0 Å². The van der Waals surface area contributed by atoms with Gasteiger partial charge in [-0.25, -0.2) is 8.42 Å². The van der Waals surface area contributed by atoms with Gasteiger partial charge >= 0.3 is 0 Å². The Morgan fingerprint density at radius 1 is 1.00 bits per heavy atom. The van der Waals surface area contributed by atoms with E-state index in [4.69, 9.17) is 0 Å². The van der Waals surface area contributed by atoms with E-state index in [1.54, 1.807) is 20.8 Å². The maximum atomic E-state index is 12.8. The quantitative estimate of drug-likeness (QED) is 0.679. The van der Waals surface area contributed by atoms with Gasteiger partial charge in [-0.3, -0.25) is 4.79 Å². The summed E-state index contributed by atoms with van der Waals surface area (Å²) < 4.78 is 24.2. The molecular formula is C25H40N2O3S. The van der Waals surface area contributed by atoms with Gasteiger partial charge in [0.25, 0.3) is 0 Å². The summed E-state index contributed by atoms with van der Waals surface area (Å²) in [6.45, 7) is 13.4. The average molecular weight is 449 g/mol. The van der Waals surface area contributed by atoms with Crippen molar-refractivity contribution in [3.8, 4) is 0 Å². The number of benzene rings is 1. The van der Waals surface area contributed by atoms with Gasteiger partial charge in [-0.05, 0) is 75.5 Å². The number of hydrogen-bond donors (Lipinski definition) is 0. The first-order chi connectivity index (χ1) is 14.4. The summed E-state index contributed by atoms with van der Waals surface area (Å²) in [4.78, 5) is 17.2. The molecule has 2 saturated heterocycles. The first-order valence-electron chi connectivity index (χ1n) is 11.8. The standard InChI is InChI=1S/C25H40N2O3S/c1-19-14-20(2)17-27(16-19)23-8-6-21(7-9-23)15-24(28)26-12-10-22(11-13-26)18-31(29,30)25(3,4)5/h6-9,19-20,22H,10-18H2,1-5H3/t19-,20-/m1/s1. The van der Waals surface area contributed by atoms with Crippen LogP contribution in [0.2, 0.25) is 0 Å². The van der Waals surface area contributed by atoms with Crippen LogP contribution in [0.1, 0.15) is 59.4 Å². The smallest absolute Gasteiger partial charge is 0.226 e. The Morgan fingerprint density at radius 3 is 2.06 bits per heavy atom. The van der Waals surface area contributed by atoms with E-state index in [1.807, 2.05) is 4.90 Å². The topological polar surface area (TPSA) is 57.7 Å². The zero-order valence-corrected chi connectivity index (χ0v) is 20.7. The molecule has 0 radical (unpaired) electrons. The van der Waals surface area contributed by atoms with Gasteiger partial charge in [0, 0.05) is 31.9 Å². The molecule has 1 aromatic carbocycles. The second-order valence-corrected chi connectivity index (χ2v) is 13.7. The molecule has 5 nitrogen and oxygen atoms in total. The molecule has 2 aliphatic heterocycles. The highest BCUT2D eigenvalue weighted by atomic mass is 32.2. The molecule has 31 heavy (non-hydrogen) atoms. The van der Waals surface area contributed by atoms with Crippen molar-refractivity contribution in [1.82, 2.24) is 4.90 Å². The summed E-state index contributed by atoms with van der Waals surface area (Å²) in [7, 11) is -3.11. The normalized spacial score (nSPS) is 23.8. The molecule has 2 atom stereocenters. The van der Waals surface area contributed by atoms with E-state index < -0.39 is 14.6 Å². The van der Waals surface area contributed by atoms with Crippen molar-refractivity contribution in [3.63, 3.8) is 0 Å². The summed E-state index contributed by atoms with van der Waals surface area (Å²) in [6.07, 6.45) is 3.25. The van der Waals surface area contributed by atoms with Gasteiger partial charge < -0.3 is 9.80 Å². The third kappa shape index (κ3) is 6.24. The minimum Gasteiger partial charge on any atom is -0.371 e. The second-order valence-electron chi connectivity index (χ2n) is 10.9. The number of sulfone groups is 1. The lowest BCUT2D eigenvalue weighted by Crippen LogP contribution is -2.42.